The van der Waals surface area contributed by atoms with Crippen molar-refractivity contribution in [2.45, 2.75) is 34.2 Å². The van der Waals surface area contributed by atoms with Crippen LogP contribution >= 0.6 is 15.9 Å². The van der Waals surface area contributed by atoms with E-state index in [1.807, 2.05) is 24.3 Å². The number of nitrogens with one attached hydrogen (secondary N) is 1. The summed E-state index contributed by atoms with van der Waals surface area (Å²) in [4.78, 5) is 15.0. The molecule has 0 atom stereocenters. The minimum absolute atomic E-state index is 0.228. The third-order valence-electron chi connectivity index (χ3n) is 6.17. The van der Waals surface area contributed by atoms with Crippen molar-refractivity contribution < 1.29 is 9.53 Å². The lowest BCUT2D eigenvalue weighted by molar-refractivity contribution is 0.0342. The fourth-order valence-electron chi connectivity index (χ4n) is 4.44. The molecule has 34 heavy (non-hydrogen) atoms. The van der Waals surface area contributed by atoms with Crippen molar-refractivity contribution in [3.8, 4) is 5.69 Å². The number of morpholine rings is 1. The quantitative estimate of drug-likeness (QED) is 0.363. The number of carbonyl (C=O) groups excluding carboxylic acids is 1. The number of hydrogen-bond acceptors (Lipinski definition) is 4. The number of carbonyl (C=O) groups is 1. The van der Waals surface area contributed by atoms with Crippen LogP contribution in [0.15, 0.2) is 52.0 Å². The molecule has 1 aliphatic rings. The number of hydrogen-bond donors (Lipinski definition) is 1. The Morgan fingerprint density at radius 1 is 1.03 bits per heavy atom. The zero-order valence-electron chi connectivity index (χ0n) is 20.2. The average Bonchev–Trinajstić information content (AvgIpc) is 3.02. The van der Waals surface area contributed by atoms with Gasteiger partial charge in [0.1, 0.15) is 0 Å². The van der Waals surface area contributed by atoms with E-state index < -0.39 is 0 Å². The van der Waals surface area contributed by atoms with Crippen molar-refractivity contribution in [1.82, 2.24) is 14.9 Å². The third-order valence-corrected chi connectivity index (χ3v) is 7.17. The third kappa shape index (κ3) is 5.49. The summed E-state index contributed by atoms with van der Waals surface area (Å²) in [5.41, 5.74) is 11.1. The predicted octanol–water partition coefficient (Wildman–Crippen LogP) is 5.07. The zero-order valence-corrected chi connectivity index (χ0v) is 21.8. The van der Waals surface area contributed by atoms with Crippen LogP contribution in [0, 0.1) is 27.7 Å². The number of nitrogens with zero attached hydrogens (tertiary/aromatic N) is 3. The maximum Gasteiger partial charge on any atom is 0.271 e. The molecule has 1 amide bonds. The van der Waals surface area contributed by atoms with Gasteiger partial charge < -0.3 is 9.30 Å². The van der Waals surface area contributed by atoms with Crippen LogP contribution in [0.25, 0.3) is 5.69 Å². The molecule has 1 aliphatic heterocycles. The molecule has 178 valence electrons. The largest absolute Gasteiger partial charge is 0.379 e. The van der Waals surface area contributed by atoms with Crippen LogP contribution in [0.1, 0.15) is 44.0 Å². The first-order valence-corrected chi connectivity index (χ1v) is 12.3. The van der Waals surface area contributed by atoms with Gasteiger partial charge in [-0.05, 0) is 84.6 Å². The van der Waals surface area contributed by atoms with E-state index >= 15 is 0 Å². The molecule has 0 spiro atoms. The topological polar surface area (TPSA) is 58.9 Å². The number of halogens is 1. The number of ether oxygens (including phenoxy) is 1. The summed E-state index contributed by atoms with van der Waals surface area (Å²) in [6, 6.07) is 14.2. The van der Waals surface area contributed by atoms with Crippen molar-refractivity contribution in [3.05, 3.63) is 86.1 Å². The van der Waals surface area contributed by atoms with E-state index in [0.29, 0.717) is 5.56 Å². The summed E-state index contributed by atoms with van der Waals surface area (Å²) in [5.74, 6) is -0.228. The van der Waals surface area contributed by atoms with Crippen molar-refractivity contribution >= 4 is 28.1 Å². The Morgan fingerprint density at radius 2 is 1.68 bits per heavy atom. The van der Waals surface area contributed by atoms with Gasteiger partial charge in [-0.3, -0.25) is 9.69 Å². The Hall–Kier alpha value is -2.74. The first-order chi connectivity index (χ1) is 16.3. The SMILES string of the molecule is Cc1cc(C)cc(-n2c(C)c(Br)c(/C=N\NC(=O)c3ccc(CN4CCOCC4)cc3)c2C)c1. The summed E-state index contributed by atoms with van der Waals surface area (Å²) in [5, 5.41) is 4.25. The molecule has 1 fully saturated rings. The van der Waals surface area contributed by atoms with E-state index in [4.69, 9.17) is 4.74 Å². The van der Waals surface area contributed by atoms with Crippen LogP contribution in [0.2, 0.25) is 0 Å². The van der Waals surface area contributed by atoms with Gasteiger partial charge in [-0.1, -0.05) is 18.2 Å². The van der Waals surface area contributed by atoms with Crippen molar-refractivity contribution in [1.29, 1.82) is 0 Å². The number of hydrazone groups is 1. The lowest BCUT2D eigenvalue weighted by Gasteiger charge is -2.26. The monoisotopic (exact) mass is 522 g/mol. The Kier molecular flexibility index (Phi) is 7.66. The molecule has 1 saturated heterocycles. The maximum absolute atomic E-state index is 12.6. The van der Waals surface area contributed by atoms with Crippen LogP contribution in [0.4, 0.5) is 0 Å². The van der Waals surface area contributed by atoms with Gasteiger partial charge in [0.05, 0.1) is 19.4 Å². The summed E-state index contributed by atoms with van der Waals surface area (Å²) < 4.78 is 8.58. The molecule has 0 radical (unpaired) electrons. The van der Waals surface area contributed by atoms with Gasteiger partial charge in [0.25, 0.3) is 5.91 Å². The second kappa shape index (κ2) is 10.7. The van der Waals surface area contributed by atoms with Crippen LogP contribution in [0.3, 0.4) is 0 Å². The Labute approximate surface area is 209 Å². The lowest BCUT2D eigenvalue weighted by atomic mass is 10.1. The molecule has 1 N–H and O–H groups in total. The van der Waals surface area contributed by atoms with Gasteiger partial charge in [0, 0.05) is 52.3 Å². The summed E-state index contributed by atoms with van der Waals surface area (Å²) in [6.45, 7) is 12.7. The molecule has 7 heteroatoms. The Balaban J connectivity index is 1.44. The minimum Gasteiger partial charge on any atom is -0.379 e. The first-order valence-electron chi connectivity index (χ1n) is 11.5. The molecule has 4 rings (SSSR count). The Morgan fingerprint density at radius 3 is 2.32 bits per heavy atom. The standard InChI is InChI=1S/C27H31BrN4O2/c1-18-13-19(2)15-24(14-18)32-20(3)25(26(28)21(32)4)16-29-30-27(33)23-7-5-22(6-8-23)17-31-9-11-34-12-10-31/h5-8,13-16H,9-12,17H2,1-4H3,(H,30,33)/b29-16-. The first kappa shape index (κ1) is 24.4. The van der Waals surface area contributed by atoms with Crippen molar-refractivity contribution in [3.63, 3.8) is 0 Å². The van der Waals surface area contributed by atoms with E-state index in [2.05, 4.69) is 81.8 Å². The van der Waals surface area contributed by atoms with Gasteiger partial charge in [0.15, 0.2) is 0 Å². The summed E-state index contributed by atoms with van der Waals surface area (Å²) in [7, 11) is 0. The average molecular weight is 523 g/mol. The molecule has 1 aromatic heterocycles. The molecular formula is C27H31BrN4O2. The second-order valence-corrected chi connectivity index (χ2v) is 9.66. The van der Waals surface area contributed by atoms with Gasteiger partial charge in [-0.15, -0.1) is 0 Å². The second-order valence-electron chi connectivity index (χ2n) is 8.86. The molecule has 0 aliphatic carbocycles. The molecule has 2 aromatic carbocycles. The highest BCUT2D eigenvalue weighted by Crippen LogP contribution is 2.30. The van der Waals surface area contributed by atoms with E-state index in [0.717, 1.165) is 60.0 Å². The Bertz CT molecular complexity index is 1190. The molecular weight excluding hydrogens is 492 g/mol. The van der Waals surface area contributed by atoms with Crippen molar-refractivity contribution in [2.75, 3.05) is 26.3 Å². The number of aromatic nitrogens is 1. The molecule has 2 heterocycles. The highest BCUT2D eigenvalue weighted by atomic mass is 79.9. The van der Waals surface area contributed by atoms with E-state index in [9.17, 15) is 4.79 Å². The van der Waals surface area contributed by atoms with E-state index in [-0.39, 0.29) is 5.91 Å². The van der Waals surface area contributed by atoms with Gasteiger partial charge >= 0.3 is 0 Å². The number of amides is 1. The number of aryl methyl sites for hydroxylation is 2. The number of benzene rings is 2. The van der Waals surface area contributed by atoms with Crippen molar-refractivity contribution in [2.24, 2.45) is 5.10 Å². The number of rotatable bonds is 6. The predicted molar refractivity (Wildman–Crippen MR) is 140 cm³/mol. The van der Waals surface area contributed by atoms with Crippen LogP contribution in [-0.2, 0) is 11.3 Å². The molecule has 0 bridgehead atoms. The lowest BCUT2D eigenvalue weighted by Crippen LogP contribution is -2.35. The van der Waals surface area contributed by atoms with Crippen LogP contribution in [0.5, 0.6) is 0 Å². The van der Waals surface area contributed by atoms with Crippen LogP contribution < -0.4 is 5.43 Å². The van der Waals surface area contributed by atoms with Crippen LogP contribution in [-0.4, -0.2) is 47.9 Å². The van der Waals surface area contributed by atoms with Gasteiger partial charge in [0.2, 0.25) is 0 Å². The molecule has 3 aromatic rings. The minimum atomic E-state index is -0.228. The molecule has 6 nitrogen and oxygen atoms in total. The summed E-state index contributed by atoms with van der Waals surface area (Å²) in [6.07, 6.45) is 1.70. The zero-order chi connectivity index (χ0) is 24.2. The molecule has 0 saturated carbocycles. The van der Waals surface area contributed by atoms with Gasteiger partial charge in [-0.25, -0.2) is 5.43 Å². The van der Waals surface area contributed by atoms with E-state index in [1.165, 1.54) is 16.7 Å². The fourth-order valence-corrected chi connectivity index (χ4v) is 5.01. The van der Waals surface area contributed by atoms with E-state index in [1.54, 1.807) is 6.21 Å². The summed E-state index contributed by atoms with van der Waals surface area (Å²) >= 11 is 3.71. The highest BCUT2D eigenvalue weighted by molar-refractivity contribution is 9.10. The maximum atomic E-state index is 12.6. The van der Waals surface area contributed by atoms with Gasteiger partial charge in [-0.2, -0.15) is 5.10 Å². The smallest absolute Gasteiger partial charge is 0.271 e. The molecule has 0 unspecified atom stereocenters. The fraction of sp³-hybridized carbons (Fsp3) is 0.333. The normalized spacial score (nSPS) is 14.6. The highest BCUT2D eigenvalue weighted by Gasteiger charge is 2.16.